The van der Waals surface area contributed by atoms with E-state index in [9.17, 15) is 4.79 Å². The summed E-state index contributed by atoms with van der Waals surface area (Å²) in [6.07, 6.45) is 1.64. The Morgan fingerprint density at radius 2 is 1.65 bits per heavy atom. The largest absolute Gasteiger partial charge is 0.444 e. The van der Waals surface area contributed by atoms with Gasteiger partial charge in [-0.25, -0.2) is 4.79 Å². The molecular weight excluding hydrogens is 411 g/mol. The quantitative estimate of drug-likeness (QED) is 0.220. The summed E-state index contributed by atoms with van der Waals surface area (Å²) in [6.45, 7) is 11.0. The van der Waals surface area contributed by atoms with E-state index < -0.39 is 11.7 Å². The summed E-state index contributed by atoms with van der Waals surface area (Å²) in [6, 6.07) is 0. The molecule has 0 unspecified atom stereocenters. The minimum absolute atomic E-state index is 0. The molecule has 7 nitrogen and oxygen atoms in total. The highest BCUT2D eigenvalue weighted by Crippen LogP contribution is 2.05. The zero-order valence-corrected chi connectivity index (χ0v) is 17.4. The van der Waals surface area contributed by atoms with Crippen LogP contribution in [0.2, 0.25) is 0 Å². The van der Waals surface area contributed by atoms with Crippen molar-refractivity contribution in [3.05, 3.63) is 0 Å². The van der Waals surface area contributed by atoms with Crippen molar-refractivity contribution >= 4 is 36.0 Å². The van der Waals surface area contributed by atoms with E-state index in [1.165, 1.54) is 0 Å². The van der Waals surface area contributed by atoms with E-state index in [4.69, 9.17) is 9.47 Å². The van der Waals surface area contributed by atoms with Crippen molar-refractivity contribution in [2.75, 3.05) is 39.9 Å². The van der Waals surface area contributed by atoms with E-state index in [0.717, 1.165) is 38.6 Å². The number of carbonyl (C=O) groups is 1. The highest BCUT2D eigenvalue weighted by molar-refractivity contribution is 14.0. The summed E-state index contributed by atoms with van der Waals surface area (Å²) in [4.78, 5) is 15.6. The Kier molecular flexibility index (Phi) is 15.8. The molecule has 0 spiro atoms. The van der Waals surface area contributed by atoms with Gasteiger partial charge in [-0.1, -0.05) is 0 Å². The second kappa shape index (κ2) is 14.8. The third-order valence-electron chi connectivity index (χ3n) is 2.52. The lowest BCUT2D eigenvalue weighted by atomic mass is 10.2. The van der Waals surface area contributed by atoms with Gasteiger partial charge in [-0.3, -0.25) is 4.99 Å². The SMILES string of the molecule is CCOCCCCNC(=NC)NCCNC(=O)OC(C)(C)C.I. The van der Waals surface area contributed by atoms with Gasteiger partial charge in [0.05, 0.1) is 0 Å². The molecule has 0 aliphatic carbocycles. The van der Waals surface area contributed by atoms with E-state index in [1.807, 2.05) is 27.7 Å². The molecule has 0 aromatic carbocycles. The van der Waals surface area contributed by atoms with E-state index >= 15 is 0 Å². The second-order valence-electron chi connectivity index (χ2n) is 5.76. The molecule has 0 atom stereocenters. The van der Waals surface area contributed by atoms with E-state index in [-0.39, 0.29) is 24.0 Å². The predicted octanol–water partition coefficient (Wildman–Crippen LogP) is 2.11. The van der Waals surface area contributed by atoms with Crippen LogP contribution in [-0.4, -0.2) is 57.5 Å². The van der Waals surface area contributed by atoms with Gasteiger partial charge in [-0.05, 0) is 40.5 Å². The summed E-state index contributed by atoms with van der Waals surface area (Å²) in [7, 11) is 1.72. The normalized spacial score (nSPS) is 11.4. The van der Waals surface area contributed by atoms with Gasteiger partial charge in [0.2, 0.25) is 0 Å². The predicted molar refractivity (Wildman–Crippen MR) is 105 cm³/mol. The number of rotatable bonds is 9. The molecule has 8 heteroatoms. The molecule has 0 saturated carbocycles. The van der Waals surface area contributed by atoms with Gasteiger partial charge in [-0.15, -0.1) is 24.0 Å². The van der Waals surface area contributed by atoms with Crippen LogP contribution in [-0.2, 0) is 9.47 Å². The molecule has 0 aromatic heterocycles. The fourth-order valence-electron chi connectivity index (χ4n) is 1.56. The smallest absolute Gasteiger partial charge is 0.407 e. The van der Waals surface area contributed by atoms with E-state index in [1.54, 1.807) is 7.05 Å². The minimum Gasteiger partial charge on any atom is -0.444 e. The summed E-state index contributed by atoms with van der Waals surface area (Å²) in [5.74, 6) is 0.724. The first-order valence-electron chi connectivity index (χ1n) is 7.88. The van der Waals surface area contributed by atoms with Crippen molar-refractivity contribution in [3.63, 3.8) is 0 Å². The lowest BCUT2D eigenvalue weighted by Gasteiger charge is -2.19. The third-order valence-corrected chi connectivity index (χ3v) is 2.52. The average molecular weight is 444 g/mol. The van der Waals surface area contributed by atoms with E-state index in [2.05, 4.69) is 20.9 Å². The molecule has 23 heavy (non-hydrogen) atoms. The topological polar surface area (TPSA) is 84.0 Å². The van der Waals surface area contributed by atoms with Crippen LogP contribution in [0.4, 0.5) is 4.79 Å². The van der Waals surface area contributed by atoms with Gasteiger partial charge < -0.3 is 25.4 Å². The van der Waals surface area contributed by atoms with Crippen LogP contribution in [0.25, 0.3) is 0 Å². The Hall–Kier alpha value is -0.770. The molecule has 3 N–H and O–H groups in total. The van der Waals surface area contributed by atoms with Crippen LogP contribution in [0.5, 0.6) is 0 Å². The first-order chi connectivity index (χ1) is 10.4. The molecule has 0 fully saturated rings. The number of aliphatic imine (C=N–C) groups is 1. The van der Waals surface area contributed by atoms with Crippen LogP contribution < -0.4 is 16.0 Å². The van der Waals surface area contributed by atoms with Crippen LogP contribution in [0.3, 0.4) is 0 Å². The number of nitrogens with zero attached hydrogens (tertiary/aromatic N) is 1. The van der Waals surface area contributed by atoms with Crippen molar-refractivity contribution in [3.8, 4) is 0 Å². The van der Waals surface area contributed by atoms with E-state index in [0.29, 0.717) is 13.1 Å². The number of nitrogens with one attached hydrogen (secondary N) is 3. The molecule has 0 bridgehead atoms. The number of hydrogen-bond acceptors (Lipinski definition) is 4. The molecule has 0 rings (SSSR count). The molecule has 0 radical (unpaired) electrons. The summed E-state index contributed by atoms with van der Waals surface area (Å²) >= 11 is 0. The van der Waals surface area contributed by atoms with Gasteiger partial charge in [0, 0.05) is 39.9 Å². The molecular formula is C15H33IN4O3. The van der Waals surface area contributed by atoms with Crippen LogP contribution >= 0.6 is 24.0 Å². The Balaban J connectivity index is 0. The van der Waals surface area contributed by atoms with Crippen molar-refractivity contribution in [2.45, 2.75) is 46.1 Å². The Labute approximate surface area is 157 Å². The molecule has 0 aromatic rings. The van der Waals surface area contributed by atoms with Crippen molar-refractivity contribution in [1.82, 2.24) is 16.0 Å². The van der Waals surface area contributed by atoms with Crippen molar-refractivity contribution in [2.24, 2.45) is 4.99 Å². The highest BCUT2D eigenvalue weighted by Gasteiger charge is 2.15. The molecule has 0 heterocycles. The molecule has 138 valence electrons. The Morgan fingerprint density at radius 1 is 1.04 bits per heavy atom. The second-order valence-corrected chi connectivity index (χ2v) is 5.76. The number of alkyl carbamates (subject to hydrolysis) is 1. The highest BCUT2D eigenvalue weighted by atomic mass is 127. The van der Waals surface area contributed by atoms with Gasteiger partial charge in [0.1, 0.15) is 5.60 Å². The van der Waals surface area contributed by atoms with Gasteiger partial charge in [0.25, 0.3) is 0 Å². The summed E-state index contributed by atoms with van der Waals surface area (Å²) < 4.78 is 10.4. The monoisotopic (exact) mass is 444 g/mol. The lowest BCUT2D eigenvalue weighted by Crippen LogP contribution is -2.42. The Bertz CT molecular complexity index is 333. The zero-order chi connectivity index (χ0) is 16.8. The van der Waals surface area contributed by atoms with Gasteiger partial charge >= 0.3 is 6.09 Å². The molecule has 1 amide bonds. The Morgan fingerprint density at radius 3 is 2.22 bits per heavy atom. The maximum absolute atomic E-state index is 11.5. The zero-order valence-electron chi connectivity index (χ0n) is 15.0. The van der Waals surface area contributed by atoms with Gasteiger partial charge in [0.15, 0.2) is 5.96 Å². The fourth-order valence-corrected chi connectivity index (χ4v) is 1.56. The number of guanidine groups is 1. The molecule has 0 aliphatic rings. The van der Waals surface area contributed by atoms with Gasteiger partial charge in [-0.2, -0.15) is 0 Å². The maximum atomic E-state index is 11.5. The van der Waals surface area contributed by atoms with Crippen molar-refractivity contribution in [1.29, 1.82) is 0 Å². The number of hydrogen-bond donors (Lipinski definition) is 3. The first-order valence-corrected chi connectivity index (χ1v) is 7.88. The minimum atomic E-state index is -0.476. The maximum Gasteiger partial charge on any atom is 0.407 e. The van der Waals surface area contributed by atoms with Crippen LogP contribution in [0.15, 0.2) is 4.99 Å². The average Bonchev–Trinajstić information content (AvgIpc) is 2.43. The number of unbranched alkanes of at least 4 members (excludes halogenated alkanes) is 1. The third kappa shape index (κ3) is 17.4. The number of ether oxygens (including phenoxy) is 2. The summed E-state index contributed by atoms with van der Waals surface area (Å²) in [5, 5.41) is 9.03. The number of amides is 1. The number of halogens is 1. The first kappa shape index (κ1) is 24.5. The standard InChI is InChI=1S/C15H32N4O3.HI/c1-6-21-12-8-7-9-17-13(16-5)18-10-11-19-14(20)22-15(2,3)4;/h6-12H2,1-5H3,(H,19,20)(H2,16,17,18);1H. The molecule has 0 saturated heterocycles. The van der Waals surface area contributed by atoms with Crippen molar-refractivity contribution < 1.29 is 14.3 Å². The van der Waals surface area contributed by atoms with Crippen LogP contribution in [0.1, 0.15) is 40.5 Å². The number of carbonyl (C=O) groups excluding carboxylic acids is 1. The summed E-state index contributed by atoms with van der Waals surface area (Å²) in [5.41, 5.74) is -0.476. The fraction of sp³-hybridized carbons (Fsp3) is 0.867. The lowest BCUT2D eigenvalue weighted by molar-refractivity contribution is 0.0529. The molecule has 0 aliphatic heterocycles. The van der Waals surface area contributed by atoms with Crippen LogP contribution in [0, 0.1) is 0 Å².